The smallest absolute Gasteiger partial charge is 0.107 e. The summed E-state index contributed by atoms with van der Waals surface area (Å²) >= 11 is 0. The van der Waals surface area contributed by atoms with Gasteiger partial charge >= 0.3 is 0 Å². The third-order valence-corrected chi connectivity index (χ3v) is 1.88. The van der Waals surface area contributed by atoms with Gasteiger partial charge in [-0.15, -0.1) is 0 Å². The van der Waals surface area contributed by atoms with Crippen LogP contribution in [0.25, 0.3) is 0 Å². The fourth-order valence-corrected chi connectivity index (χ4v) is 1.28. The fraction of sp³-hybridized carbons (Fsp3) is 1.00. The summed E-state index contributed by atoms with van der Waals surface area (Å²) in [6.07, 6.45) is 2.81. The summed E-state index contributed by atoms with van der Waals surface area (Å²) in [5, 5.41) is 0. The highest BCUT2D eigenvalue weighted by molar-refractivity contribution is 4.79. The van der Waals surface area contributed by atoms with Crippen molar-refractivity contribution in [3.63, 3.8) is 0 Å². The second-order valence-electron chi connectivity index (χ2n) is 3.33. The van der Waals surface area contributed by atoms with Gasteiger partial charge in [0.25, 0.3) is 0 Å². The van der Waals surface area contributed by atoms with Gasteiger partial charge in [-0.1, -0.05) is 0 Å². The summed E-state index contributed by atoms with van der Waals surface area (Å²) in [6.45, 7) is 5.20. The van der Waals surface area contributed by atoms with Gasteiger partial charge in [0.05, 0.1) is 5.60 Å². The van der Waals surface area contributed by atoms with Crippen LogP contribution in [0.15, 0.2) is 0 Å². The van der Waals surface area contributed by atoms with Crippen LogP contribution >= 0.6 is 0 Å². The fourth-order valence-electron chi connectivity index (χ4n) is 1.28. The van der Waals surface area contributed by atoms with E-state index in [1.54, 1.807) is 0 Å². The van der Waals surface area contributed by atoms with Crippen LogP contribution < -0.4 is 5.73 Å². The first-order chi connectivity index (χ1) is 4.14. The predicted octanol–water partition coefficient (Wildman–Crippen LogP) is 0.186. The first-order valence-electron chi connectivity index (χ1n) is 3.61. The molecule has 0 spiro atoms. The van der Waals surface area contributed by atoms with Crippen molar-refractivity contribution < 1.29 is 10.5 Å². The van der Waals surface area contributed by atoms with Gasteiger partial charge in [0, 0.05) is 0 Å². The third-order valence-electron chi connectivity index (χ3n) is 1.88. The highest BCUT2D eigenvalue weighted by atomic mass is 16.5. The summed E-state index contributed by atoms with van der Waals surface area (Å²) in [4.78, 5) is 0. The minimum Gasteiger partial charge on any atom is -0.366 e. The van der Waals surface area contributed by atoms with Crippen LogP contribution in [-0.2, 0) is 4.74 Å². The molecule has 9 heavy (non-hydrogen) atoms. The Morgan fingerprint density at radius 2 is 2.33 bits per heavy atom. The Bertz CT molecular complexity index is 101. The first-order valence-corrected chi connectivity index (χ1v) is 3.61. The van der Waals surface area contributed by atoms with Crippen LogP contribution in [0.4, 0.5) is 0 Å². The Labute approximate surface area is 56.4 Å². The van der Waals surface area contributed by atoms with Crippen molar-refractivity contribution in [3.05, 3.63) is 0 Å². The van der Waals surface area contributed by atoms with Crippen molar-refractivity contribution in [3.8, 4) is 0 Å². The van der Waals surface area contributed by atoms with Crippen molar-refractivity contribution in [1.82, 2.24) is 0 Å². The van der Waals surface area contributed by atoms with Crippen LogP contribution in [0.3, 0.4) is 0 Å². The van der Waals surface area contributed by atoms with Crippen molar-refractivity contribution >= 4 is 0 Å². The zero-order valence-corrected chi connectivity index (χ0v) is 6.31. The topological polar surface area (TPSA) is 36.9 Å². The van der Waals surface area contributed by atoms with E-state index in [1.807, 2.05) is 0 Å². The second kappa shape index (κ2) is 2.27. The summed E-state index contributed by atoms with van der Waals surface area (Å²) in [5.74, 6) is 0. The molecule has 0 saturated carbocycles. The van der Waals surface area contributed by atoms with Crippen LogP contribution in [0, 0.1) is 0 Å². The number of hydrogen-bond acceptors (Lipinski definition) is 1. The Hall–Kier alpha value is -0.0800. The molecule has 0 unspecified atom stereocenters. The lowest BCUT2D eigenvalue weighted by Crippen LogP contribution is -2.55. The molecule has 1 atom stereocenters. The van der Waals surface area contributed by atoms with E-state index in [1.165, 1.54) is 12.8 Å². The van der Waals surface area contributed by atoms with E-state index in [0.29, 0.717) is 6.10 Å². The van der Waals surface area contributed by atoms with Gasteiger partial charge in [0.15, 0.2) is 0 Å². The quantitative estimate of drug-likeness (QED) is 0.540. The molecular formula is C7H16NO+. The molecule has 1 aliphatic heterocycles. The van der Waals surface area contributed by atoms with Crippen LogP contribution in [0.2, 0.25) is 0 Å². The molecule has 0 bridgehead atoms. The average Bonchev–Trinajstić information content (AvgIpc) is 2.10. The Kier molecular flexibility index (Phi) is 1.78. The van der Waals surface area contributed by atoms with Crippen LogP contribution in [0.5, 0.6) is 0 Å². The summed E-state index contributed by atoms with van der Waals surface area (Å²) in [7, 11) is 0. The third kappa shape index (κ3) is 1.66. The monoisotopic (exact) mass is 130 g/mol. The molecular weight excluding hydrogens is 114 g/mol. The van der Waals surface area contributed by atoms with Gasteiger partial charge in [-0.05, 0) is 26.7 Å². The molecule has 3 N–H and O–H groups in total. The van der Waals surface area contributed by atoms with Crippen molar-refractivity contribution in [2.45, 2.75) is 38.4 Å². The summed E-state index contributed by atoms with van der Waals surface area (Å²) in [6, 6.07) is 0. The second-order valence-corrected chi connectivity index (χ2v) is 3.33. The zero-order chi connectivity index (χ0) is 6.91. The van der Waals surface area contributed by atoms with E-state index in [9.17, 15) is 0 Å². The van der Waals surface area contributed by atoms with E-state index < -0.39 is 0 Å². The van der Waals surface area contributed by atoms with E-state index in [0.717, 1.165) is 6.54 Å². The molecule has 1 saturated heterocycles. The number of rotatable bonds is 1. The molecule has 1 fully saturated rings. The maximum absolute atomic E-state index is 5.64. The van der Waals surface area contributed by atoms with Gasteiger partial charge in [-0.25, -0.2) is 0 Å². The number of ether oxygens (including phenoxy) is 1. The highest BCUT2D eigenvalue weighted by Gasteiger charge is 2.31. The molecule has 0 amide bonds. The Balaban J connectivity index is 2.38. The molecule has 1 aliphatic rings. The molecule has 0 aromatic rings. The highest BCUT2D eigenvalue weighted by Crippen LogP contribution is 2.28. The normalized spacial score (nSPS) is 33.0. The molecule has 2 heteroatoms. The maximum atomic E-state index is 5.64. The van der Waals surface area contributed by atoms with Crippen LogP contribution in [-0.4, -0.2) is 18.2 Å². The first kappa shape index (κ1) is 7.03. The lowest BCUT2D eigenvalue weighted by molar-refractivity contribution is -0.386. The Morgan fingerprint density at radius 3 is 2.56 bits per heavy atom. The van der Waals surface area contributed by atoms with E-state index >= 15 is 0 Å². The molecule has 1 rings (SSSR count). The van der Waals surface area contributed by atoms with Gasteiger partial charge in [-0.2, -0.15) is 0 Å². The molecule has 0 aromatic carbocycles. The predicted molar refractivity (Wildman–Crippen MR) is 35.9 cm³/mol. The number of hydrogen-bond donors (Lipinski definition) is 1. The molecule has 0 aliphatic carbocycles. The lowest BCUT2D eigenvalue weighted by atomic mass is 10.1. The Morgan fingerprint density at radius 1 is 1.67 bits per heavy atom. The van der Waals surface area contributed by atoms with Crippen molar-refractivity contribution in [2.24, 2.45) is 0 Å². The molecule has 0 radical (unpaired) electrons. The molecule has 1 heterocycles. The SMILES string of the molecule is CC1(C)CC[C@H](C[NH3+])O1. The van der Waals surface area contributed by atoms with Crippen LogP contribution in [0.1, 0.15) is 26.7 Å². The average molecular weight is 130 g/mol. The van der Waals surface area contributed by atoms with Gasteiger partial charge in [-0.3, -0.25) is 0 Å². The van der Waals surface area contributed by atoms with E-state index in [-0.39, 0.29) is 5.60 Å². The van der Waals surface area contributed by atoms with E-state index in [4.69, 9.17) is 4.74 Å². The molecule has 2 nitrogen and oxygen atoms in total. The maximum Gasteiger partial charge on any atom is 0.107 e. The zero-order valence-electron chi connectivity index (χ0n) is 6.31. The minimum atomic E-state index is 0.127. The van der Waals surface area contributed by atoms with Gasteiger partial charge < -0.3 is 10.5 Å². The van der Waals surface area contributed by atoms with Gasteiger partial charge in [0.2, 0.25) is 0 Å². The van der Waals surface area contributed by atoms with E-state index in [2.05, 4.69) is 19.6 Å². The largest absolute Gasteiger partial charge is 0.366 e. The number of quaternary nitrogens is 1. The molecule has 54 valence electrons. The standard InChI is InChI=1S/C7H15NO/c1-7(2)4-3-6(5-8)9-7/h6H,3-5,8H2,1-2H3/p+1/t6-/m1/s1. The molecule has 0 aromatic heterocycles. The van der Waals surface area contributed by atoms with Gasteiger partial charge in [0.1, 0.15) is 12.6 Å². The minimum absolute atomic E-state index is 0.127. The summed E-state index contributed by atoms with van der Waals surface area (Å²) < 4.78 is 5.64. The summed E-state index contributed by atoms with van der Waals surface area (Å²) in [5.41, 5.74) is 3.94. The van der Waals surface area contributed by atoms with Crippen molar-refractivity contribution in [2.75, 3.05) is 6.54 Å². The van der Waals surface area contributed by atoms with Crippen molar-refractivity contribution in [1.29, 1.82) is 0 Å². The lowest BCUT2D eigenvalue weighted by Gasteiger charge is -2.17.